The van der Waals surface area contributed by atoms with E-state index in [9.17, 15) is 23.2 Å². The summed E-state index contributed by atoms with van der Waals surface area (Å²) < 4.78 is 27.6. The van der Waals surface area contributed by atoms with Crippen molar-refractivity contribution < 1.29 is 23.2 Å². The number of carbonyl (C=O) groups excluding carboxylic acids is 3. The van der Waals surface area contributed by atoms with Gasteiger partial charge in [-0.05, 0) is 38.3 Å². The van der Waals surface area contributed by atoms with Gasteiger partial charge in [-0.15, -0.1) is 0 Å². The highest BCUT2D eigenvalue weighted by Gasteiger charge is 2.46. The molecule has 3 rings (SSSR count). The Morgan fingerprint density at radius 3 is 2.46 bits per heavy atom. The second-order valence-corrected chi connectivity index (χ2v) is 6.19. The molecular weight excluding hydrogens is 320 g/mol. The quantitative estimate of drug-likeness (QED) is 0.624. The van der Waals surface area contributed by atoms with E-state index in [1.165, 1.54) is 11.0 Å². The van der Waals surface area contributed by atoms with E-state index < -0.39 is 35.5 Å². The molecule has 0 aromatic heterocycles. The molecule has 24 heavy (non-hydrogen) atoms. The summed E-state index contributed by atoms with van der Waals surface area (Å²) in [6, 6.07) is 0.869. The van der Waals surface area contributed by atoms with Crippen molar-refractivity contribution in [3.63, 3.8) is 0 Å². The van der Waals surface area contributed by atoms with E-state index in [0.29, 0.717) is 24.9 Å². The van der Waals surface area contributed by atoms with Crippen molar-refractivity contribution in [2.75, 3.05) is 18.1 Å². The zero-order valence-electron chi connectivity index (χ0n) is 13.4. The van der Waals surface area contributed by atoms with Crippen molar-refractivity contribution in [2.24, 2.45) is 0 Å². The zero-order chi connectivity index (χ0) is 17.6. The van der Waals surface area contributed by atoms with Gasteiger partial charge >= 0.3 is 17.8 Å². The number of halogens is 2. The Bertz CT molecular complexity index is 736. The molecule has 128 valence electrons. The Kier molecular flexibility index (Phi) is 3.98. The van der Waals surface area contributed by atoms with Crippen molar-refractivity contribution in [2.45, 2.75) is 32.7 Å². The largest absolute Gasteiger partial charge is 0.351 e. The third kappa shape index (κ3) is 2.51. The molecule has 0 N–H and O–H groups in total. The molecule has 0 atom stereocenters. The number of anilines is 1. The van der Waals surface area contributed by atoms with Gasteiger partial charge in [0.2, 0.25) is 0 Å². The van der Waals surface area contributed by atoms with Crippen LogP contribution in [0.3, 0.4) is 0 Å². The van der Waals surface area contributed by atoms with E-state index >= 15 is 0 Å². The van der Waals surface area contributed by atoms with Gasteiger partial charge in [-0.3, -0.25) is 14.5 Å². The summed E-state index contributed by atoms with van der Waals surface area (Å²) in [5, 5.41) is 0. The molecule has 2 aliphatic rings. The molecule has 0 radical (unpaired) electrons. The number of rotatable bonds is 3. The second-order valence-electron chi connectivity index (χ2n) is 6.19. The summed E-state index contributed by atoms with van der Waals surface area (Å²) in [4.78, 5) is 39.5. The van der Waals surface area contributed by atoms with Crippen LogP contribution in [0.2, 0.25) is 0 Å². The summed E-state index contributed by atoms with van der Waals surface area (Å²) in [5.74, 6) is -3.21. The minimum absolute atomic E-state index is 0.179. The Morgan fingerprint density at radius 1 is 1.12 bits per heavy atom. The monoisotopic (exact) mass is 337 g/mol. The highest BCUT2D eigenvalue weighted by Crippen LogP contribution is 2.31. The number of benzene rings is 1. The van der Waals surface area contributed by atoms with Gasteiger partial charge in [-0.2, -0.15) is 0 Å². The first-order valence-electron chi connectivity index (χ1n) is 7.73. The Labute approximate surface area is 137 Å². The summed E-state index contributed by atoms with van der Waals surface area (Å²) >= 11 is 0. The number of carbonyl (C=O) groups is 3. The van der Waals surface area contributed by atoms with Crippen LogP contribution in [0.4, 0.5) is 19.3 Å². The molecule has 0 aliphatic carbocycles. The maximum Gasteiger partial charge on any atom is 0.335 e. The lowest BCUT2D eigenvalue weighted by Crippen LogP contribution is -2.45. The summed E-state index contributed by atoms with van der Waals surface area (Å²) in [7, 11) is 0. The number of urea groups is 1. The van der Waals surface area contributed by atoms with Gasteiger partial charge in [0.25, 0.3) is 0 Å². The number of amides is 4. The lowest BCUT2D eigenvalue weighted by atomic mass is 10.0. The Balaban J connectivity index is 1.90. The minimum Gasteiger partial charge on any atom is -0.351 e. The SMILES string of the molecule is CC(C)N1C(=O)C(=O)N(CN2CCCc3cc(F)cc(F)c32)C1=O. The fraction of sp³-hybridized carbons (Fsp3) is 0.438. The molecule has 1 fully saturated rings. The Hall–Kier alpha value is -2.51. The third-order valence-corrected chi connectivity index (χ3v) is 4.21. The first-order valence-corrected chi connectivity index (χ1v) is 7.73. The number of nitrogens with zero attached hydrogens (tertiary/aromatic N) is 3. The van der Waals surface area contributed by atoms with Gasteiger partial charge in [-0.1, -0.05) is 0 Å². The van der Waals surface area contributed by atoms with E-state index in [1.54, 1.807) is 13.8 Å². The number of hydrogen-bond donors (Lipinski definition) is 0. The van der Waals surface area contributed by atoms with E-state index in [1.807, 2.05) is 0 Å². The zero-order valence-corrected chi connectivity index (χ0v) is 13.4. The molecule has 0 spiro atoms. The van der Waals surface area contributed by atoms with E-state index in [0.717, 1.165) is 15.9 Å². The van der Waals surface area contributed by atoms with Gasteiger partial charge in [0.15, 0.2) is 0 Å². The van der Waals surface area contributed by atoms with Crippen LogP contribution in [-0.4, -0.2) is 46.9 Å². The van der Waals surface area contributed by atoms with Gasteiger partial charge < -0.3 is 4.90 Å². The smallest absolute Gasteiger partial charge is 0.335 e. The van der Waals surface area contributed by atoms with Crippen LogP contribution in [0.25, 0.3) is 0 Å². The first-order chi connectivity index (χ1) is 11.3. The highest BCUT2D eigenvalue weighted by molar-refractivity contribution is 6.44. The normalized spacial score (nSPS) is 18.0. The van der Waals surface area contributed by atoms with Crippen LogP contribution in [0.1, 0.15) is 25.8 Å². The summed E-state index contributed by atoms with van der Waals surface area (Å²) in [6.07, 6.45) is 1.15. The van der Waals surface area contributed by atoms with Gasteiger partial charge in [0.05, 0.1) is 5.69 Å². The minimum atomic E-state index is -0.927. The van der Waals surface area contributed by atoms with Crippen molar-refractivity contribution in [3.05, 3.63) is 29.3 Å². The average Bonchev–Trinajstić information content (AvgIpc) is 2.70. The topological polar surface area (TPSA) is 60.9 Å². The van der Waals surface area contributed by atoms with Crippen LogP contribution >= 0.6 is 0 Å². The van der Waals surface area contributed by atoms with Crippen LogP contribution in [0.15, 0.2) is 12.1 Å². The molecule has 1 aromatic rings. The number of imide groups is 2. The van der Waals surface area contributed by atoms with Crippen molar-refractivity contribution in [1.82, 2.24) is 9.80 Å². The number of aryl methyl sites for hydroxylation is 1. The molecule has 2 aliphatic heterocycles. The van der Waals surface area contributed by atoms with Crippen molar-refractivity contribution >= 4 is 23.5 Å². The van der Waals surface area contributed by atoms with Gasteiger partial charge in [0, 0.05) is 18.7 Å². The van der Waals surface area contributed by atoms with Crippen LogP contribution < -0.4 is 4.90 Å². The van der Waals surface area contributed by atoms with E-state index in [2.05, 4.69) is 0 Å². The van der Waals surface area contributed by atoms with Gasteiger partial charge in [-0.25, -0.2) is 18.5 Å². The van der Waals surface area contributed by atoms with E-state index in [4.69, 9.17) is 0 Å². The molecule has 8 heteroatoms. The number of fused-ring (bicyclic) bond motifs is 1. The van der Waals surface area contributed by atoms with E-state index in [-0.39, 0.29) is 12.4 Å². The van der Waals surface area contributed by atoms with Crippen LogP contribution in [0, 0.1) is 11.6 Å². The fourth-order valence-corrected chi connectivity index (χ4v) is 3.15. The van der Waals surface area contributed by atoms with Crippen molar-refractivity contribution in [1.29, 1.82) is 0 Å². The fourth-order valence-electron chi connectivity index (χ4n) is 3.15. The first kappa shape index (κ1) is 16.4. The molecule has 0 bridgehead atoms. The lowest BCUT2D eigenvalue weighted by Gasteiger charge is -2.33. The molecule has 4 amide bonds. The molecule has 0 unspecified atom stereocenters. The summed E-state index contributed by atoms with van der Waals surface area (Å²) in [6.45, 7) is 3.43. The second kappa shape index (κ2) is 5.85. The molecule has 1 aromatic carbocycles. The number of hydrogen-bond acceptors (Lipinski definition) is 4. The maximum absolute atomic E-state index is 14.2. The highest BCUT2D eigenvalue weighted by atomic mass is 19.1. The maximum atomic E-state index is 14.2. The third-order valence-electron chi connectivity index (χ3n) is 4.21. The summed E-state index contributed by atoms with van der Waals surface area (Å²) in [5.41, 5.74) is 0.670. The standard InChI is InChI=1S/C16H17F2N3O3/c1-9(2)21-15(23)14(22)20(16(21)24)8-19-5-3-4-10-6-11(17)7-12(18)13(10)19/h6-7,9H,3-5,8H2,1-2H3. The molecule has 0 saturated carbocycles. The van der Waals surface area contributed by atoms with Crippen LogP contribution in [0.5, 0.6) is 0 Å². The van der Waals surface area contributed by atoms with Gasteiger partial charge in [0.1, 0.15) is 18.3 Å². The van der Waals surface area contributed by atoms with Crippen LogP contribution in [-0.2, 0) is 16.0 Å². The van der Waals surface area contributed by atoms with Crippen molar-refractivity contribution in [3.8, 4) is 0 Å². The predicted molar refractivity (Wildman–Crippen MR) is 81.1 cm³/mol. The predicted octanol–water partition coefficient (Wildman–Crippen LogP) is 1.87. The molecule has 6 nitrogen and oxygen atoms in total. The molecule has 2 heterocycles. The molecule has 1 saturated heterocycles. The average molecular weight is 337 g/mol. The lowest BCUT2D eigenvalue weighted by molar-refractivity contribution is -0.143. The molecular formula is C16H17F2N3O3. The Morgan fingerprint density at radius 2 is 1.83 bits per heavy atom.